The molecule has 0 unspecified atom stereocenters. The molecule has 0 aromatic rings. The van der Waals surface area contributed by atoms with Crippen molar-refractivity contribution in [1.29, 1.82) is 0 Å². The van der Waals surface area contributed by atoms with E-state index in [-0.39, 0.29) is 0 Å². The Morgan fingerprint density at radius 2 is 2.00 bits per heavy atom. The molecule has 0 aromatic heterocycles. The van der Waals surface area contributed by atoms with E-state index in [1.807, 2.05) is 7.05 Å². The second-order valence-corrected chi connectivity index (χ2v) is 3.41. The van der Waals surface area contributed by atoms with Crippen LogP contribution in [0.2, 0.25) is 0 Å². The first kappa shape index (κ1) is 7.42. The van der Waals surface area contributed by atoms with Gasteiger partial charge in [0.1, 0.15) is 0 Å². The van der Waals surface area contributed by atoms with Crippen LogP contribution in [0.1, 0.15) is 25.7 Å². The summed E-state index contributed by atoms with van der Waals surface area (Å²) in [5, 5.41) is 3.88. The molecule has 9 heavy (non-hydrogen) atoms. The van der Waals surface area contributed by atoms with E-state index in [2.05, 4.69) is 17.9 Å². The number of rotatable bonds is 1. The summed E-state index contributed by atoms with van der Waals surface area (Å²) in [6, 6.07) is 0.669. The first-order valence-electron chi connectivity index (χ1n) is 3.70. The molecular weight excluding hydrogens is 130 g/mol. The van der Waals surface area contributed by atoms with Crippen LogP contribution in [-0.2, 0) is 0 Å². The molecule has 1 fully saturated rings. The third kappa shape index (κ3) is 1.87. The zero-order chi connectivity index (χ0) is 6.69. The molecule has 1 aliphatic carbocycles. The minimum Gasteiger partial charge on any atom is -0.316 e. The van der Waals surface area contributed by atoms with E-state index in [9.17, 15) is 0 Å². The Kier molecular flexibility index (Phi) is 2.86. The summed E-state index contributed by atoms with van der Waals surface area (Å²) in [5.41, 5.74) is 0. The van der Waals surface area contributed by atoms with E-state index < -0.39 is 0 Å². The van der Waals surface area contributed by atoms with Crippen LogP contribution in [0.5, 0.6) is 0 Å². The maximum atomic E-state index is 4.47. The Hall–Kier alpha value is 0.310. The molecule has 2 heteroatoms. The highest BCUT2D eigenvalue weighted by molar-refractivity contribution is 7.81. The molecule has 1 aliphatic rings. The third-order valence-corrected chi connectivity index (χ3v) is 2.72. The van der Waals surface area contributed by atoms with Crippen molar-refractivity contribution in [3.8, 4) is 0 Å². The van der Waals surface area contributed by atoms with Gasteiger partial charge in [0.2, 0.25) is 0 Å². The quantitative estimate of drug-likeness (QED) is 0.532. The van der Waals surface area contributed by atoms with Crippen LogP contribution in [0, 0.1) is 0 Å². The SMILES string of the molecule is CN[C@@H]1CCCC[C@H]1S. The van der Waals surface area contributed by atoms with Gasteiger partial charge in [-0.2, -0.15) is 12.6 Å². The smallest absolute Gasteiger partial charge is 0.0181 e. The van der Waals surface area contributed by atoms with Crippen molar-refractivity contribution in [3.05, 3.63) is 0 Å². The Bertz CT molecular complexity index is 85.0. The fraction of sp³-hybridized carbons (Fsp3) is 1.00. The van der Waals surface area contributed by atoms with Gasteiger partial charge in [0.25, 0.3) is 0 Å². The summed E-state index contributed by atoms with van der Waals surface area (Å²) >= 11 is 4.47. The Morgan fingerprint density at radius 3 is 2.44 bits per heavy atom. The third-order valence-electron chi connectivity index (χ3n) is 2.10. The van der Waals surface area contributed by atoms with Gasteiger partial charge >= 0.3 is 0 Å². The lowest BCUT2D eigenvalue weighted by Gasteiger charge is -2.27. The van der Waals surface area contributed by atoms with E-state index in [4.69, 9.17) is 0 Å². The maximum Gasteiger partial charge on any atom is 0.0181 e. The molecule has 1 saturated carbocycles. The van der Waals surface area contributed by atoms with Gasteiger partial charge in [0, 0.05) is 11.3 Å². The van der Waals surface area contributed by atoms with Crippen molar-refractivity contribution < 1.29 is 0 Å². The van der Waals surface area contributed by atoms with E-state index in [1.165, 1.54) is 25.7 Å². The highest BCUT2D eigenvalue weighted by atomic mass is 32.1. The summed E-state index contributed by atoms with van der Waals surface area (Å²) in [5.74, 6) is 0. The van der Waals surface area contributed by atoms with Crippen molar-refractivity contribution in [1.82, 2.24) is 5.32 Å². The summed E-state index contributed by atoms with van der Waals surface area (Å²) < 4.78 is 0. The zero-order valence-corrected chi connectivity index (χ0v) is 6.82. The topological polar surface area (TPSA) is 12.0 Å². The fourth-order valence-corrected chi connectivity index (χ4v) is 1.93. The fourth-order valence-electron chi connectivity index (χ4n) is 1.45. The van der Waals surface area contributed by atoms with Gasteiger partial charge in [0.05, 0.1) is 0 Å². The molecule has 1 N–H and O–H groups in total. The summed E-state index contributed by atoms with van der Waals surface area (Å²) in [4.78, 5) is 0. The molecule has 0 aromatic carbocycles. The number of hydrogen-bond donors (Lipinski definition) is 2. The van der Waals surface area contributed by atoms with Gasteiger partial charge < -0.3 is 5.32 Å². The molecule has 1 rings (SSSR count). The minimum absolute atomic E-state index is 0.601. The van der Waals surface area contributed by atoms with Crippen LogP contribution in [0.25, 0.3) is 0 Å². The van der Waals surface area contributed by atoms with E-state index >= 15 is 0 Å². The van der Waals surface area contributed by atoms with Gasteiger partial charge in [-0.1, -0.05) is 12.8 Å². The molecule has 0 saturated heterocycles. The van der Waals surface area contributed by atoms with E-state index in [0.29, 0.717) is 11.3 Å². The molecule has 0 aliphatic heterocycles. The monoisotopic (exact) mass is 145 g/mol. The normalized spacial score (nSPS) is 36.7. The summed E-state index contributed by atoms with van der Waals surface area (Å²) in [6.45, 7) is 0. The summed E-state index contributed by atoms with van der Waals surface area (Å²) in [7, 11) is 2.03. The van der Waals surface area contributed by atoms with Crippen LogP contribution in [0.4, 0.5) is 0 Å². The lowest BCUT2D eigenvalue weighted by molar-refractivity contribution is 0.407. The van der Waals surface area contributed by atoms with Crippen molar-refractivity contribution in [2.75, 3.05) is 7.05 Å². The summed E-state index contributed by atoms with van der Waals surface area (Å²) in [6.07, 6.45) is 5.34. The zero-order valence-electron chi connectivity index (χ0n) is 5.93. The maximum absolute atomic E-state index is 4.47. The standard InChI is InChI=1S/C7H15NS/c1-8-6-4-2-3-5-7(6)9/h6-9H,2-5H2,1H3/t6-,7-/m1/s1. The minimum atomic E-state index is 0.601. The van der Waals surface area contributed by atoms with Gasteiger partial charge in [0.15, 0.2) is 0 Å². The molecule has 0 spiro atoms. The average molecular weight is 145 g/mol. The molecule has 0 amide bonds. The largest absolute Gasteiger partial charge is 0.316 e. The Labute approximate surface area is 62.6 Å². The molecule has 0 heterocycles. The van der Waals surface area contributed by atoms with Crippen LogP contribution in [0.3, 0.4) is 0 Å². The van der Waals surface area contributed by atoms with Crippen molar-refractivity contribution >= 4 is 12.6 Å². The average Bonchev–Trinajstić information content (AvgIpc) is 1.89. The Morgan fingerprint density at radius 1 is 1.33 bits per heavy atom. The van der Waals surface area contributed by atoms with Gasteiger partial charge in [-0.3, -0.25) is 0 Å². The van der Waals surface area contributed by atoms with Crippen LogP contribution in [-0.4, -0.2) is 18.3 Å². The predicted molar refractivity (Wildman–Crippen MR) is 44.1 cm³/mol. The van der Waals surface area contributed by atoms with Gasteiger partial charge in [-0.05, 0) is 19.9 Å². The van der Waals surface area contributed by atoms with Crippen molar-refractivity contribution in [3.63, 3.8) is 0 Å². The Balaban J connectivity index is 2.30. The number of hydrogen-bond acceptors (Lipinski definition) is 2. The first-order valence-corrected chi connectivity index (χ1v) is 4.21. The molecule has 54 valence electrons. The number of nitrogens with one attached hydrogen (secondary N) is 1. The predicted octanol–water partition coefficient (Wildman–Crippen LogP) is 1.45. The van der Waals surface area contributed by atoms with Crippen molar-refractivity contribution in [2.45, 2.75) is 37.0 Å². The van der Waals surface area contributed by atoms with Crippen LogP contribution < -0.4 is 5.32 Å². The second-order valence-electron chi connectivity index (χ2n) is 2.75. The highest BCUT2D eigenvalue weighted by Crippen LogP contribution is 2.21. The second kappa shape index (κ2) is 3.47. The lowest BCUT2D eigenvalue weighted by Crippen LogP contribution is -2.36. The molecule has 0 bridgehead atoms. The molecular formula is C7H15NS. The van der Waals surface area contributed by atoms with E-state index in [0.717, 1.165) is 0 Å². The molecule has 0 radical (unpaired) electrons. The molecule has 1 nitrogen and oxygen atoms in total. The van der Waals surface area contributed by atoms with Gasteiger partial charge in [-0.15, -0.1) is 0 Å². The lowest BCUT2D eigenvalue weighted by atomic mass is 9.95. The molecule has 2 atom stereocenters. The first-order chi connectivity index (χ1) is 4.34. The van der Waals surface area contributed by atoms with Gasteiger partial charge in [-0.25, -0.2) is 0 Å². The highest BCUT2D eigenvalue weighted by Gasteiger charge is 2.19. The van der Waals surface area contributed by atoms with Crippen LogP contribution in [0.15, 0.2) is 0 Å². The van der Waals surface area contributed by atoms with Crippen molar-refractivity contribution in [2.24, 2.45) is 0 Å². The van der Waals surface area contributed by atoms with E-state index in [1.54, 1.807) is 0 Å². The number of thiol groups is 1. The van der Waals surface area contributed by atoms with Crippen LogP contribution >= 0.6 is 12.6 Å².